The Hall–Kier alpha value is -6.04. The number of aromatic nitrogens is 2. The van der Waals surface area contributed by atoms with Gasteiger partial charge in [-0.05, 0) is 54.6 Å². The predicted molar refractivity (Wildman–Crippen MR) is 154 cm³/mol. The number of nitrogens with zero attached hydrogens (tertiary/aromatic N) is 5. The molecule has 8 heteroatoms. The Morgan fingerprint density at radius 3 is 1.62 bits per heavy atom. The summed E-state index contributed by atoms with van der Waals surface area (Å²) < 4.78 is 46.6. The summed E-state index contributed by atoms with van der Waals surface area (Å²) in [6.07, 6.45) is -4.69. The van der Waals surface area contributed by atoms with Gasteiger partial charge in [-0.2, -0.15) is 29.0 Å². The summed E-state index contributed by atoms with van der Waals surface area (Å²) in [5.41, 5.74) is 2.69. The SMILES string of the molecule is N#Cc1cc(C#N)cc(-n2c3ccccc3c3cc4c(cc32)c2ccccc2n4-c2c(C#N)cccc2C(F)(F)F)c1. The monoisotopic (exact) mass is 551 g/mol. The Balaban J connectivity index is 1.69. The van der Waals surface area contributed by atoms with Crippen molar-refractivity contribution in [2.24, 2.45) is 0 Å². The van der Waals surface area contributed by atoms with Crippen molar-refractivity contribution in [2.45, 2.75) is 6.18 Å². The number of hydrogen-bond donors (Lipinski definition) is 0. The second-order valence-electron chi connectivity index (χ2n) is 9.90. The third-order valence-electron chi connectivity index (χ3n) is 7.59. The number of para-hydroxylation sites is 3. The average molecular weight is 552 g/mol. The highest BCUT2D eigenvalue weighted by atomic mass is 19.4. The van der Waals surface area contributed by atoms with E-state index in [1.165, 1.54) is 22.8 Å². The molecule has 0 radical (unpaired) electrons. The maximum Gasteiger partial charge on any atom is 0.418 e. The third kappa shape index (κ3) is 3.55. The van der Waals surface area contributed by atoms with Gasteiger partial charge in [-0.3, -0.25) is 0 Å². The zero-order chi connectivity index (χ0) is 29.2. The number of fused-ring (bicyclic) bond motifs is 6. The van der Waals surface area contributed by atoms with E-state index >= 15 is 0 Å². The van der Waals surface area contributed by atoms with Crippen LogP contribution in [0, 0.1) is 34.0 Å². The van der Waals surface area contributed by atoms with E-state index in [4.69, 9.17) is 0 Å². The molecule has 2 heterocycles. The molecule has 0 saturated heterocycles. The molecule has 0 aliphatic carbocycles. The highest BCUT2D eigenvalue weighted by molar-refractivity contribution is 6.19. The van der Waals surface area contributed by atoms with Gasteiger partial charge in [0.2, 0.25) is 0 Å². The van der Waals surface area contributed by atoms with Crippen LogP contribution < -0.4 is 0 Å². The van der Waals surface area contributed by atoms with Crippen LogP contribution in [0.4, 0.5) is 13.2 Å². The molecule has 0 atom stereocenters. The molecule has 42 heavy (non-hydrogen) atoms. The second-order valence-corrected chi connectivity index (χ2v) is 9.90. The maximum absolute atomic E-state index is 14.4. The number of rotatable bonds is 2. The summed E-state index contributed by atoms with van der Waals surface area (Å²) in [6, 6.07) is 33.3. The van der Waals surface area contributed by atoms with Crippen LogP contribution in [0.3, 0.4) is 0 Å². The lowest BCUT2D eigenvalue weighted by molar-refractivity contribution is -0.137. The molecule has 0 unspecified atom stereocenters. The number of benzene rings is 5. The molecular weight excluding hydrogens is 535 g/mol. The fourth-order valence-electron chi connectivity index (χ4n) is 5.92. The first-order valence-electron chi connectivity index (χ1n) is 12.9. The Kier molecular flexibility index (Phi) is 5.34. The van der Waals surface area contributed by atoms with Gasteiger partial charge in [0.25, 0.3) is 0 Å². The van der Waals surface area contributed by atoms with Crippen molar-refractivity contribution in [2.75, 3.05) is 0 Å². The van der Waals surface area contributed by atoms with Gasteiger partial charge in [0.05, 0.1) is 62.1 Å². The number of alkyl halides is 3. The van der Waals surface area contributed by atoms with E-state index in [0.29, 0.717) is 33.2 Å². The van der Waals surface area contributed by atoms with Crippen LogP contribution in [0.1, 0.15) is 22.3 Å². The normalized spacial score (nSPS) is 11.6. The minimum atomic E-state index is -4.69. The van der Waals surface area contributed by atoms with Crippen LogP contribution in [0.5, 0.6) is 0 Å². The number of halogens is 3. The van der Waals surface area contributed by atoms with Gasteiger partial charge in [-0.1, -0.05) is 42.5 Å². The summed E-state index contributed by atoms with van der Waals surface area (Å²) >= 11 is 0. The zero-order valence-corrected chi connectivity index (χ0v) is 21.6. The van der Waals surface area contributed by atoms with Gasteiger partial charge in [-0.15, -0.1) is 0 Å². The van der Waals surface area contributed by atoms with E-state index in [2.05, 4.69) is 12.1 Å². The van der Waals surface area contributed by atoms with Crippen molar-refractivity contribution >= 4 is 43.6 Å². The standard InChI is InChI=1S/C34H16F3N5/c35-34(36,37)28-9-5-6-22(19-40)33(28)42-30-11-4-2-8-25(30)27-15-31-26(16-32(27)42)24-7-1-3-10-29(24)41(31)23-13-20(17-38)12-21(14-23)18-39/h1-16H. The molecule has 198 valence electrons. The largest absolute Gasteiger partial charge is 0.418 e. The first kappa shape index (κ1) is 25.0. The van der Waals surface area contributed by atoms with E-state index in [0.717, 1.165) is 33.3 Å². The Bertz CT molecular complexity index is 2360. The van der Waals surface area contributed by atoms with E-state index in [1.54, 1.807) is 24.3 Å². The molecule has 5 nitrogen and oxygen atoms in total. The molecule has 0 saturated carbocycles. The van der Waals surface area contributed by atoms with Crippen LogP contribution in [0.25, 0.3) is 55.0 Å². The molecule has 0 spiro atoms. The van der Waals surface area contributed by atoms with E-state index < -0.39 is 11.7 Å². The molecule has 7 rings (SSSR count). The van der Waals surface area contributed by atoms with Crippen molar-refractivity contribution in [1.82, 2.24) is 9.13 Å². The molecule has 0 bridgehead atoms. The highest BCUT2D eigenvalue weighted by Gasteiger charge is 2.36. The molecule has 0 aliphatic rings. The van der Waals surface area contributed by atoms with Crippen molar-refractivity contribution in [3.8, 4) is 29.6 Å². The molecule has 0 aliphatic heterocycles. The molecule has 5 aromatic carbocycles. The lowest BCUT2D eigenvalue weighted by Gasteiger charge is -2.17. The maximum atomic E-state index is 14.4. The van der Waals surface area contributed by atoms with Crippen molar-refractivity contribution < 1.29 is 13.2 Å². The minimum Gasteiger partial charge on any atom is -0.309 e. The molecule has 7 aromatic rings. The smallest absolute Gasteiger partial charge is 0.309 e. The van der Waals surface area contributed by atoms with Gasteiger partial charge in [0.15, 0.2) is 0 Å². The first-order chi connectivity index (χ1) is 20.3. The lowest BCUT2D eigenvalue weighted by Crippen LogP contribution is -2.12. The Morgan fingerprint density at radius 1 is 0.524 bits per heavy atom. The summed E-state index contributed by atoms with van der Waals surface area (Å²) in [7, 11) is 0. The van der Waals surface area contributed by atoms with Crippen LogP contribution in [0.15, 0.2) is 97.1 Å². The predicted octanol–water partition coefficient (Wildman–Crippen LogP) is 8.51. The van der Waals surface area contributed by atoms with E-state index in [-0.39, 0.29) is 11.3 Å². The number of hydrogen-bond acceptors (Lipinski definition) is 3. The summed E-state index contributed by atoms with van der Waals surface area (Å²) in [6.45, 7) is 0. The van der Waals surface area contributed by atoms with Crippen LogP contribution >= 0.6 is 0 Å². The third-order valence-corrected chi connectivity index (χ3v) is 7.59. The van der Waals surface area contributed by atoms with E-state index in [1.807, 2.05) is 59.2 Å². The van der Waals surface area contributed by atoms with E-state index in [9.17, 15) is 29.0 Å². The number of nitriles is 3. The Labute approximate surface area is 236 Å². The summed E-state index contributed by atoms with van der Waals surface area (Å²) in [4.78, 5) is 0. The fourth-order valence-corrected chi connectivity index (χ4v) is 5.92. The topological polar surface area (TPSA) is 81.2 Å². The second kappa shape index (κ2) is 8.99. The lowest BCUT2D eigenvalue weighted by atomic mass is 10.1. The molecule has 0 N–H and O–H groups in total. The van der Waals surface area contributed by atoms with Gasteiger partial charge >= 0.3 is 6.18 Å². The quantitative estimate of drug-likeness (QED) is 0.216. The molecular formula is C34H16F3N5. The molecule has 2 aromatic heterocycles. The van der Waals surface area contributed by atoms with Gasteiger partial charge in [0.1, 0.15) is 6.07 Å². The Morgan fingerprint density at radius 2 is 1.07 bits per heavy atom. The van der Waals surface area contributed by atoms with Crippen LogP contribution in [0.2, 0.25) is 0 Å². The zero-order valence-electron chi connectivity index (χ0n) is 21.6. The molecule has 0 fully saturated rings. The average Bonchev–Trinajstić information content (AvgIpc) is 3.50. The van der Waals surface area contributed by atoms with Gasteiger partial charge in [0, 0.05) is 27.2 Å². The minimum absolute atomic E-state index is 0.0904. The van der Waals surface area contributed by atoms with Crippen LogP contribution in [-0.4, -0.2) is 9.13 Å². The first-order valence-corrected chi connectivity index (χ1v) is 12.9. The molecule has 0 amide bonds. The van der Waals surface area contributed by atoms with Crippen molar-refractivity contribution in [3.63, 3.8) is 0 Å². The summed E-state index contributed by atoms with van der Waals surface area (Å²) in [5, 5.41) is 32.2. The van der Waals surface area contributed by atoms with Crippen molar-refractivity contribution in [1.29, 1.82) is 15.8 Å². The summed E-state index contributed by atoms with van der Waals surface area (Å²) in [5.74, 6) is 0. The van der Waals surface area contributed by atoms with Crippen molar-refractivity contribution in [3.05, 3.63) is 119 Å². The van der Waals surface area contributed by atoms with Crippen LogP contribution in [-0.2, 0) is 6.18 Å². The van der Waals surface area contributed by atoms with Gasteiger partial charge in [-0.25, -0.2) is 0 Å². The highest BCUT2D eigenvalue weighted by Crippen LogP contribution is 2.43. The van der Waals surface area contributed by atoms with Gasteiger partial charge < -0.3 is 9.13 Å². The fraction of sp³-hybridized carbons (Fsp3) is 0.0294.